The molecule has 0 saturated heterocycles. The lowest BCUT2D eigenvalue weighted by atomic mass is 10.1. The molecule has 0 radical (unpaired) electrons. The fraction of sp³-hybridized carbons (Fsp3) is 0.462. The van der Waals surface area contributed by atoms with Crippen molar-refractivity contribution in [3.05, 3.63) is 29.6 Å². The van der Waals surface area contributed by atoms with Crippen LogP contribution in [0.3, 0.4) is 0 Å². The highest BCUT2D eigenvalue weighted by Gasteiger charge is 2.17. The summed E-state index contributed by atoms with van der Waals surface area (Å²) >= 11 is 0. The number of hydrogen-bond donors (Lipinski definition) is 2. The molecule has 1 amide bonds. The van der Waals surface area contributed by atoms with Crippen molar-refractivity contribution in [2.75, 3.05) is 5.32 Å². The lowest BCUT2D eigenvalue weighted by Gasteiger charge is -2.19. The molecule has 4 nitrogen and oxygen atoms in total. The van der Waals surface area contributed by atoms with Gasteiger partial charge in [0.1, 0.15) is 11.4 Å². The Morgan fingerprint density at radius 3 is 2.50 bits per heavy atom. The van der Waals surface area contributed by atoms with E-state index in [2.05, 4.69) is 5.32 Å². The standard InChI is InChI=1S/C13H18FNO3/c1-8(16)10-6-5-9(7-11(10)14)15-12(17)18-13(2,3)4/h5-8,16H,1-4H3,(H,15,17)/t8-/m1/s1. The average Bonchev–Trinajstić information content (AvgIpc) is 2.13. The maximum atomic E-state index is 13.5. The normalized spacial score (nSPS) is 13.0. The third-order valence-electron chi connectivity index (χ3n) is 2.10. The van der Waals surface area contributed by atoms with Crippen LogP contribution in [0, 0.1) is 5.82 Å². The molecular formula is C13H18FNO3. The Kier molecular flexibility index (Phi) is 4.29. The molecule has 0 aromatic heterocycles. The summed E-state index contributed by atoms with van der Waals surface area (Å²) in [6.45, 7) is 6.69. The van der Waals surface area contributed by atoms with Crippen molar-refractivity contribution in [2.24, 2.45) is 0 Å². The van der Waals surface area contributed by atoms with Crippen LogP contribution in [0.2, 0.25) is 0 Å². The number of amides is 1. The van der Waals surface area contributed by atoms with Crippen LogP contribution in [0.15, 0.2) is 18.2 Å². The summed E-state index contributed by atoms with van der Waals surface area (Å²) in [5, 5.41) is 11.7. The van der Waals surface area contributed by atoms with E-state index in [0.717, 1.165) is 6.07 Å². The quantitative estimate of drug-likeness (QED) is 0.853. The van der Waals surface area contributed by atoms with Gasteiger partial charge in [0, 0.05) is 11.3 Å². The van der Waals surface area contributed by atoms with E-state index in [1.807, 2.05) is 0 Å². The number of halogens is 1. The minimum atomic E-state index is -0.888. The van der Waals surface area contributed by atoms with Crippen LogP contribution in [0.4, 0.5) is 14.9 Å². The van der Waals surface area contributed by atoms with Gasteiger partial charge in [-0.3, -0.25) is 5.32 Å². The van der Waals surface area contributed by atoms with Crippen LogP contribution in [0.25, 0.3) is 0 Å². The number of aliphatic hydroxyl groups excluding tert-OH is 1. The molecule has 1 aromatic carbocycles. The van der Waals surface area contributed by atoms with E-state index in [9.17, 15) is 14.3 Å². The summed E-state index contributed by atoms with van der Waals surface area (Å²) in [4.78, 5) is 11.5. The van der Waals surface area contributed by atoms with Crippen LogP contribution in [0.5, 0.6) is 0 Å². The molecule has 0 saturated carbocycles. The zero-order chi connectivity index (χ0) is 13.9. The summed E-state index contributed by atoms with van der Waals surface area (Å²) in [6.07, 6.45) is -1.53. The Labute approximate surface area is 106 Å². The first-order valence-corrected chi connectivity index (χ1v) is 5.66. The van der Waals surface area contributed by atoms with Crippen molar-refractivity contribution in [3.63, 3.8) is 0 Å². The number of nitrogens with one attached hydrogen (secondary N) is 1. The summed E-state index contributed by atoms with van der Waals surface area (Å²) in [5.41, 5.74) is -0.141. The molecule has 1 aromatic rings. The first kappa shape index (κ1) is 14.4. The number of hydrogen-bond acceptors (Lipinski definition) is 3. The van der Waals surface area contributed by atoms with Gasteiger partial charge in [0.05, 0.1) is 6.10 Å². The van der Waals surface area contributed by atoms with Gasteiger partial charge in [0.25, 0.3) is 0 Å². The van der Waals surface area contributed by atoms with Crippen molar-refractivity contribution in [1.82, 2.24) is 0 Å². The zero-order valence-electron chi connectivity index (χ0n) is 11.0. The SMILES string of the molecule is C[C@@H](O)c1ccc(NC(=O)OC(C)(C)C)cc1F. The monoisotopic (exact) mass is 255 g/mol. The molecule has 0 spiro atoms. The lowest BCUT2D eigenvalue weighted by molar-refractivity contribution is 0.0636. The molecule has 0 aliphatic heterocycles. The van der Waals surface area contributed by atoms with Crippen LogP contribution in [0.1, 0.15) is 39.4 Å². The van der Waals surface area contributed by atoms with Gasteiger partial charge in [-0.15, -0.1) is 0 Å². The van der Waals surface area contributed by atoms with Crippen molar-refractivity contribution in [1.29, 1.82) is 0 Å². The smallest absolute Gasteiger partial charge is 0.412 e. The molecule has 100 valence electrons. The van der Waals surface area contributed by atoms with Crippen LogP contribution in [-0.2, 0) is 4.74 Å². The second kappa shape index (κ2) is 5.35. The highest BCUT2D eigenvalue weighted by Crippen LogP contribution is 2.20. The third kappa shape index (κ3) is 4.33. The zero-order valence-corrected chi connectivity index (χ0v) is 11.0. The molecule has 0 aliphatic rings. The average molecular weight is 255 g/mol. The second-order valence-electron chi connectivity index (χ2n) is 5.04. The van der Waals surface area contributed by atoms with E-state index in [0.29, 0.717) is 0 Å². The van der Waals surface area contributed by atoms with Crippen LogP contribution >= 0.6 is 0 Å². The minimum Gasteiger partial charge on any atom is -0.444 e. The molecule has 1 atom stereocenters. The molecule has 18 heavy (non-hydrogen) atoms. The summed E-state index contributed by atoms with van der Waals surface area (Å²) < 4.78 is 18.6. The van der Waals surface area contributed by atoms with Gasteiger partial charge in [0.2, 0.25) is 0 Å². The number of rotatable bonds is 2. The topological polar surface area (TPSA) is 58.6 Å². The minimum absolute atomic E-state index is 0.185. The molecule has 0 heterocycles. The van der Waals surface area contributed by atoms with Gasteiger partial charge in [-0.25, -0.2) is 9.18 Å². The molecule has 0 bridgehead atoms. The van der Waals surface area contributed by atoms with Crippen molar-refractivity contribution < 1.29 is 19.0 Å². The predicted molar refractivity (Wildman–Crippen MR) is 66.9 cm³/mol. The summed E-state index contributed by atoms with van der Waals surface area (Å²) in [5.74, 6) is -0.571. The van der Waals surface area contributed by atoms with Gasteiger partial charge in [0.15, 0.2) is 0 Å². The molecular weight excluding hydrogens is 237 g/mol. The number of anilines is 1. The lowest BCUT2D eigenvalue weighted by Crippen LogP contribution is -2.27. The van der Waals surface area contributed by atoms with E-state index in [1.54, 1.807) is 20.8 Å². The Morgan fingerprint density at radius 2 is 2.06 bits per heavy atom. The second-order valence-corrected chi connectivity index (χ2v) is 5.04. The molecule has 5 heteroatoms. The first-order valence-electron chi connectivity index (χ1n) is 5.66. The van der Waals surface area contributed by atoms with Crippen LogP contribution in [-0.4, -0.2) is 16.8 Å². The molecule has 1 rings (SSSR count). The fourth-order valence-corrected chi connectivity index (χ4v) is 1.37. The van der Waals surface area contributed by atoms with Gasteiger partial charge in [-0.2, -0.15) is 0 Å². The Hall–Kier alpha value is -1.62. The van der Waals surface area contributed by atoms with E-state index in [-0.39, 0.29) is 11.3 Å². The summed E-state index contributed by atoms with van der Waals surface area (Å²) in [7, 11) is 0. The maximum Gasteiger partial charge on any atom is 0.412 e. The number of carbonyl (C=O) groups excluding carboxylic acids is 1. The fourth-order valence-electron chi connectivity index (χ4n) is 1.37. The highest BCUT2D eigenvalue weighted by atomic mass is 19.1. The number of benzene rings is 1. The Bertz CT molecular complexity index is 438. The Balaban J connectivity index is 2.75. The van der Waals surface area contributed by atoms with Gasteiger partial charge in [-0.1, -0.05) is 6.07 Å². The van der Waals surface area contributed by atoms with E-state index in [4.69, 9.17) is 4.74 Å². The predicted octanol–water partition coefficient (Wildman–Crippen LogP) is 3.23. The molecule has 0 fully saturated rings. The van der Waals surface area contributed by atoms with Crippen molar-refractivity contribution in [3.8, 4) is 0 Å². The number of ether oxygens (including phenoxy) is 1. The van der Waals surface area contributed by atoms with Gasteiger partial charge < -0.3 is 9.84 Å². The maximum absolute atomic E-state index is 13.5. The third-order valence-corrected chi connectivity index (χ3v) is 2.10. The first-order chi connectivity index (χ1) is 8.19. The molecule has 2 N–H and O–H groups in total. The highest BCUT2D eigenvalue weighted by molar-refractivity contribution is 5.84. The van der Waals surface area contributed by atoms with Gasteiger partial charge >= 0.3 is 6.09 Å². The van der Waals surface area contributed by atoms with E-state index < -0.39 is 23.6 Å². The van der Waals surface area contributed by atoms with Crippen molar-refractivity contribution in [2.45, 2.75) is 39.4 Å². The van der Waals surface area contributed by atoms with Crippen LogP contribution < -0.4 is 5.32 Å². The van der Waals surface area contributed by atoms with E-state index in [1.165, 1.54) is 19.1 Å². The Morgan fingerprint density at radius 1 is 1.44 bits per heavy atom. The van der Waals surface area contributed by atoms with Crippen molar-refractivity contribution >= 4 is 11.8 Å². The number of carbonyl (C=O) groups is 1. The van der Waals surface area contributed by atoms with E-state index >= 15 is 0 Å². The number of aliphatic hydroxyl groups is 1. The largest absolute Gasteiger partial charge is 0.444 e. The molecule has 0 unspecified atom stereocenters. The summed E-state index contributed by atoms with van der Waals surface area (Å²) in [6, 6.07) is 4.08. The molecule has 0 aliphatic carbocycles. The van der Waals surface area contributed by atoms with Gasteiger partial charge in [-0.05, 0) is 39.8 Å².